The minimum Gasteiger partial charge on any atom is -0.489 e. The molecule has 0 saturated heterocycles. The number of nitro groups is 1. The number of rotatable bonds is 9. The maximum Gasteiger partial charge on any atom is 0.312 e. The highest BCUT2D eigenvalue weighted by Gasteiger charge is 2.22. The second kappa shape index (κ2) is 10.3. The number of aromatic nitrogens is 5. The van der Waals surface area contributed by atoms with Gasteiger partial charge in [0.1, 0.15) is 23.7 Å². The summed E-state index contributed by atoms with van der Waals surface area (Å²) < 4.78 is 9.04. The SMILES string of the molecule is Cc1nn(CSc2nnc(C)n2/N=C\c2ccc(OCc3ccccc3)cc2)c(C)c1[N+](=O)[O-]. The van der Waals surface area contributed by atoms with Gasteiger partial charge < -0.3 is 4.74 Å². The molecule has 11 heteroatoms. The number of benzene rings is 2. The second-order valence-corrected chi connectivity index (χ2v) is 8.39. The topological polar surface area (TPSA) is 113 Å². The number of ether oxygens (including phenoxy) is 1. The average molecular weight is 478 g/mol. The molecule has 4 rings (SSSR count). The van der Waals surface area contributed by atoms with E-state index >= 15 is 0 Å². The molecule has 0 radical (unpaired) electrons. The summed E-state index contributed by atoms with van der Waals surface area (Å²) in [6.07, 6.45) is 1.72. The number of thioether (sulfide) groups is 1. The van der Waals surface area contributed by atoms with Crippen molar-refractivity contribution in [3.05, 3.63) is 93.1 Å². The van der Waals surface area contributed by atoms with Crippen LogP contribution in [0.15, 0.2) is 64.9 Å². The molecule has 0 amide bonds. The first-order valence-corrected chi connectivity index (χ1v) is 11.5. The van der Waals surface area contributed by atoms with Crippen LogP contribution in [0.4, 0.5) is 5.69 Å². The molecule has 4 aromatic rings. The molecule has 0 aliphatic rings. The van der Waals surface area contributed by atoms with Crippen molar-refractivity contribution in [2.24, 2.45) is 5.10 Å². The first-order chi connectivity index (χ1) is 16.4. The Labute approximate surface area is 200 Å². The van der Waals surface area contributed by atoms with Gasteiger partial charge in [-0.2, -0.15) is 14.9 Å². The molecule has 174 valence electrons. The van der Waals surface area contributed by atoms with Gasteiger partial charge in [-0.25, -0.2) is 0 Å². The molecule has 0 N–H and O–H groups in total. The van der Waals surface area contributed by atoms with Crippen molar-refractivity contribution in [3.63, 3.8) is 0 Å². The zero-order chi connectivity index (χ0) is 24.1. The number of hydrogen-bond donors (Lipinski definition) is 0. The average Bonchev–Trinajstić information content (AvgIpc) is 3.33. The lowest BCUT2D eigenvalue weighted by Crippen LogP contribution is -2.02. The van der Waals surface area contributed by atoms with E-state index in [1.54, 1.807) is 29.4 Å². The van der Waals surface area contributed by atoms with E-state index in [1.807, 2.05) is 61.5 Å². The first-order valence-electron chi connectivity index (χ1n) is 10.5. The molecule has 0 fully saturated rings. The van der Waals surface area contributed by atoms with Gasteiger partial charge in [0.05, 0.1) is 17.0 Å². The molecule has 0 aliphatic carbocycles. The zero-order valence-electron chi connectivity index (χ0n) is 19.0. The van der Waals surface area contributed by atoms with Crippen LogP contribution < -0.4 is 4.74 Å². The van der Waals surface area contributed by atoms with Gasteiger partial charge >= 0.3 is 5.69 Å². The monoisotopic (exact) mass is 477 g/mol. The molecular formula is C23H23N7O3S. The summed E-state index contributed by atoms with van der Waals surface area (Å²) in [6, 6.07) is 17.6. The van der Waals surface area contributed by atoms with Crippen LogP contribution >= 0.6 is 11.8 Å². The Hall–Kier alpha value is -3.99. The highest BCUT2D eigenvalue weighted by Crippen LogP contribution is 2.25. The van der Waals surface area contributed by atoms with E-state index in [0.29, 0.717) is 34.9 Å². The Morgan fingerprint density at radius 3 is 2.50 bits per heavy atom. The van der Waals surface area contributed by atoms with Gasteiger partial charge in [-0.15, -0.1) is 10.2 Å². The largest absolute Gasteiger partial charge is 0.489 e. The first kappa shape index (κ1) is 23.2. The zero-order valence-corrected chi connectivity index (χ0v) is 19.8. The molecule has 0 bridgehead atoms. The lowest BCUT2D eigenvalue weighted by Gasteiger charge is -2.06. The summed E-state index contributed by atoms with van der Waals surface area (Å²) in [5, 5.41) is 28.8. The number of nitrogens with zero attached hydrogens (tertiary/aromatic N) is 7. The molecule has 0 atom stereocenters. The van der Waals surface area contributed by atoms with Crippen molar-refractivity contribution < 1.29 is 9.66 Å². The van der Waals surface area contributed by atoms with Gasteiger partial charge in [0.25, 0.3) is 0 Å². The van der Waals surface area contributed by atoms with Crippen LogP contribution in [0.3, 0.4) is 0 Å². The van der Waals surface area contributed by atoms with Crippen molar-refractivity contribution in [2.45, 2.75) is 38.4 Å². The Morgan fingerprint density at radius 1 is 1.09 bits per heavy atom. The predicted octanol–water partition coefficient (Wildman–Crippen LogP) is 4.52. The van der Waals surface area contributed by atoms with E-state index in [9.17, 15) is 10.1 Å². The minimum atomic E-state index is -0.409. The van der Waals surface area contributed by atoms with Gasteiger partial charge in [0.15, 0.2) is 5.82 Å². The molecule has 0 spiro atoms. The third-order valence-electron chi connectivity index (χ3n) is 5.06. The summed E-state index contributed by atoms with van der Waals surface area (Å²) >= 11 is 1.34. The summed E-state index contributed by atoms with van der Waals surface area (Å²) in [7, 11) is 0. The molecule has 2 aromatic carbocycles. The van der Waals surface area contributed by atoms with Crippen LogP contribution in [-0.2, 0) is 12.5 Å². The van der Waals surface area contributed by atoms with E-state index in [2.05, 4.69) is 20.4 Å². The van der Waals surface area contributed by atoms with Gasteiger partial charge in [-0.05, 0) is 56.2 Å². The molecule has 2 aromatic heterocycles. The van der Waals surface area contributed by atoms with Crippen molar-refractivity contribution in [3.8, 4) is 5.75 Å². The van der Waals surface area contributed by atoms with E-state index in [0.717, 1.165) is 16.9 Å². The number of hydrogen-bond acceptors (Lipinski definition) is 8. The fourth-order valence-corrected chi connectivity index (χ4v) is 4.16. The molecule has 34 heavy (non-hydrogen) atoms. The quantitative estimate of drug-likeness (QED) is 0.151. The molecule has 0 unspecified atom stereocenters. The normalized spacial score (nSPS) is 11.3. The molecule has 10 nitrogen and oxygen atoms in total. The molecule has 0 aliphatic heterocycles. The van der Waals surface area contributed by atoms with Crippen LogP contribution in [0.2, 0.25) is 0 Å². The van der Waals surface area contributed by atoms with Crippen LogP contribution in [0.25, 0.3) is 0 Å². The van der Waals surface area contributed by atoms with Gasteiger partial charge in [0, 0.05) is 0 Å². The smallest absolute Gasteiger partial charge is 0.312 e. The van der Waals surface area contributed by atoms with E-state index in [-0.39, 0.29) is 5.69 Å². The fraction of sp³-hybridized carbons (Fsp3) is 0.217. The molecule has 0 saturated carbocycles. The Morgan fingerprint density at radius 2 is 1.82 bits per heavy atom. The standard InChI is InChI=1S/C23H23N7O3S/c1-16-22(30(31)32)17(2)28(27-16)15-34-23-26-25-18(3)29(23)24-13-19-9-11-21(12-10-19)33-14-20-7-5-4-6-8-20/h4-13H,14-15H2,1-3H3/b24-13-. The Bertz CT molecular complexity index is 1310. The third kappa shape index (κ3) is 5.31. The number of aryl methyl sites for hydroxylation is 2. The Kier molecular flexibility index (Phi) is 7.02. The highest BCUT2D eigenvalue weighted by atomic mass is 32.2. The maximum absolute atomic E-state index is 11.2. The maximum atomic E-state index is 11.2. The van der Waals surface area contributed by atoms with Crippen LogP contribution in [0.5, 0.6) is 5.75 Å². The van der Waals surface area contributed by atoms with Crippen molar-refractivity contribution >= 4 is 23.7 Å². The van der Waals surface area contributed by atoms with Crippen molar-refractivity contribution in [2.75, 3.05) is 0 Å². The predicted molar refractivity (Wildman–Crippen MR) is 129 cm³/mol. The van der Waals surface area contributed by atoms with E-state index < -0.39 is 4.92 Å². The summed E-state index contributed by atoms with van der Waals surface area (Å²) in [5.74, 6) is 1.75. The van der Waals surface area contributed by atoms with Crippen LogP contribution in [-0.4, -0.2) is 35.8 Å². The highest BCUT2D eigenvalue weighted by molar-refractivity contribution is 7.98. The lowest BCUT2D eigenvalue weighted by molar-refractivity contribution is -0.386. The Balaban J connectivity index is 1.41. The molecular weight excluding hydrogens is 454 g/mol. The summed E-state index contributed by atoms with van der Waals surface area (Å²) in [6.45, 7) is 5.62. The third-order valence-corrected chi connectivity index (χ3v) is 5.95. The lowest BCUT2D eigenvalue weighted by atomic mass is 10.2. The van der Waals surface area contributed by atoms with Crippen molar-refractivity contribution in [1.82, 2.24) is 24.7 Å². The second-order valence-electron chi connectivity index (χ2n) is 7.48. The van der Waals surface area contributed by atoms with Gasteiger partial charge in [0.2, 0.25) is 5.16 Å². The van der Waals surface area contributed by atoms with Gasteiger partial charge in [-0.1, -0.05) is 42.1 Å². The van der Waals surface area contributed by atoms with E-state index in [1.165, 1.54) is 11.8 Å². The minimum absolute atomic E-state index is 0.0347. The van der Waals surface area contributed by atoms with Gasteiger partial charge in [-0.3, -0.25) is 14.8 Å². The summed E-state index contributed by atoms with van der Waals surface area (Å²) in [4.78, 5) is 10.8. The van der Waals surface area contributed by atoms with E-state index in [4.69, 9.17) is 4.74 Å². The van der Waals surface area contributed by atoms with Crippen molar-refractivity contribution in [1.29, 1.82) is 0 Å². The summed E-state index contributed by atoms with van der Waals surface area (Å²) in [5.41, 5.74) is 2.92. The van der Waals surface area contributed by atoms with Crippen LogP contribution in [0, 0.1) is 30.9 Å². The molecule has 2 heterocycles. The van der Waals surface area contributed by atoms with Crippen LogP contribution in [0.1, 0.15) is 28.3 Å². The fourth-order valence-electron chi connectivity index (χ4n) is 3.27.